The van der Waals surface area contributed by atoms with Crippen LogP contribution in [0.25, 0.3) is 0 Å². The van der Waals surface area contributed by atoms with Crippen LogP contribution in [-0.2, 0) is 3.74 Å². The van der Waals surface area contributed by atoms with Gasteiger partial charge in [0.1, 0.15) is 0 Å². The molecule has 0 spiro atoms. The Hall–Kier alpha value is 0.608. The van der Waals surface area contributed by atoms with E-state index in [4.69, 9.17) is 15.7 Å². The first-order valence-electron chi connectivity index (χ1n) is 1.91. The van der Waals surface area contributed by atoms with E-state index >= 15 is 0 Å². The second-order valence-electron chi connectivity index (χ2n) is 1.46. The van der Waals surface area contributed by atoms with E-state index < -0.39 is 13.8 Å². The first kappa shape index (κ1) is 7.61. The fourth-order valence-corrected chi connectivity index (χ4v) is 2.44. The molecule has 0 aromatic carbocycles. The summed E-state index contributed by atoms with van der Waals surface area (Å²) in [5, 5.41) is 0.278. The Morgan fingerprint density at radius 2 is 2.29 bits per heavy atom. The molecule has 0 saturated carbocycles. The van der Waals surface area contributed by atoms with Gasteiger partial charge in [-0.15, -0.1) is 0 Å². The number of rotatable bonds is 2. The number of hydrogen-bond acceptors (Lipinski definition) is 1. The summed E-state index contributed by atoms with van der Waals surface area (Å²) in [6, 6.07) is 0. The van der Waals surface area contributed by atoms with Crippen LogP contribution < -0.4 is 0 Å². The summed E-state index contributed by atoms with van der Waals surface area (Å²) in [7, 11) is 0. The summed E-state index contributed by atoms with van der Waals surface area (Å²) in [6.07, 6.45) is 0. The van der Waals surface area contributed by atoms with Gasteiger partial charge in [-0.3, -0.25) is 0 Å². The molecule has 0 fully saturated rings. The average molecular weight is 186 g/mol. The second kappa shape index (κ2) is 2.81. The molecular formula is C3H8AsClO2. The first-order chi connectivity index (χ1) is 3.06. The Labute approximate surface area is 50.5 Å². The third kappa shape index (κ3) is 6.61. The zero-order valence-corrected chi connectivity index (χ0v) is 6.73. The number of halogens is 1. The van der Waals surface area contributed by atoms with E-state index in [2.05, 4.69) is 0 Å². The van der Waals surface area contributed by atoms with E-state index in [1.54, 1.807) is 0 Å². The summed E-state index contributed by atoms with van der Waals surface area (Å²) in [4.78, 5) is 0. The molecule has 4 heteroatoms. The molecule has 0 aliphatic rings. The van der Waals surface area contributed by atoms with E-state index in [1.807, 2.05) is 0 Å². The minimum absolute atomic E-state index is 0.278. The van der Waals surface area contributed by atoms with Crippen LogP contribution in [0.2, 0.25) is 10.9 Å². The van der Waals surface area contributed by atoms with Crippen LogP contribution in [-0.4, -0.2) is 23.8 Å². The van der Waals surface area contributed by atoms with Crippen molar-refractivity contribution in [3.63, 3.8) is 0 Å². The normalized spacial score (nSPS) is 18.7. The van der Waals surface area contributed by atoms with Crippen LogP contribution in [0.15, 0.2) is 0 Å². The van der Waals surface area contributed by atoms with Crippen LogP contribution >= 0.6 is 11.6 Å². The molecule has 0 aliphatic carbocycles. The molecule has 1 N–H and O–H groups in total. The van der Waals surface area contributed by atoms with Crippen molar-refractivity contribution in [2.75, 3.05) is 5.88 Å². The van der Waals surface area contributed by atoms with E-state index in [0.29, 0.717) is 5.88 Å². The van der Waals surface area contributed by atoms with Gasteiger partial charge in [0.2, 0.25) is 0 Å². The summed E-state index contributed by atoms with van der Waals surface area (Å²) in [5.74, 6) is 0.295. The summed E-state index contributed by atoms with van der Waals surface area (Å²) in [5.41, 5.74) is 1.36. The van der Waals surface area contributed by atoms with Gasteiger partial charge in [-0.25, -0.2) is 0 Å². The maximum absolute atomic E-state index is 10.3. The quantitative estimate of drug-likeness (QED) is 0.510. The third-order valence-electron chi connectivity index (χ3n) is 0.499. The Bertz CT molecular complexity index is 86.9. The zero-order chi connectivity index (χ0) is 5.91. The monoisotopic (exact) mass is 186 g/mol. The van der Waals surface area contributed by atoms with Crippen LogP contribution in [0, 0.1) is 0 Å². The zero-order valence-electron chi connectivity index (χ0n) is 4.09. The van der Waals surface area contributed by atoms with Gasteiger partial charge in [0, 0.05) is 0 Å². The molecule has 0 aromatic heterocycles. The predicted molar refractivity (Wildman–Crippen MR) is 30.1 cm³/mol. The standard InChI is InChI=1S/C3H8AsClO2/c1-4(6,7)2-3-5/h2-3H2,1H3,(H,6,7). The van der Waals surface area contributed by atoms with Crippen molar-refractivity contribution in [1.82, 2.24) is 0 Å². The van der Waals surface area contributed by atoms with Gasteiger partial charge in [-0.1, -0.05) is 0 Å². The van der Waals surface area contributed by atoms with E-state index in [9.17, 15) is 3.74 Å². The third-order valence-corrected chi connectivity index (χ3v) is 3.47. The van der Waals surface area contributed by atoms with Crippen molar-refractivity contribution >= 4 is 25.4 Å². The van der Waals surface area contributed by atoms with Gasteiger partial charge in [0.15, 0.2) is 0 Å². The first-order valence-corrected chi connectivity index (χ1v) is 7.26. The van der Waals surface area contributed by atoms with Crippen molar-refractivity contribution in [1.29, 1.82) is 0 Å². The van der Waals surface area contributed by atoms with Gasteiger partial charge in [0.05, 0.1) is 0 Å². The van der Waals surface area contributed by atoms with Crippen molar-refractivity contribution < 1.29 is 7.84 Å². The molecule has 7 heavy (non-hydrogen) atoms. The SMILES string of the molecule is C[As](=O)(O)CCCl. The molecule has 0 aromatic rings. The van der Waals surface area contributed by atoms with Gasteiger partial charge < -0.3 is 0 Å². The van der Waals surface area contributed by atoms with Crippen molar-refractivity contribution in [3.8, 4) is 0 Å². The molecule has 2 nitrogen and oxygen atoms in total. The molecule has 0 bridgehead atoms. The topological polar surface area (TPSA) is 37.3 Å². The Morgan fingerprint density at radius 1 is 1.86 bits per heavy atom. The predicted octanol–water partition coefficient (Wildman–Crippen LogP) is 0.720. The van der Waals surface area contributed by atoms with Crippen molar-refractivity contribution in [3.05, 3.63) is 0 Å². The van der Waals surface area contributed by atoms with Gasteiger partial charge in [-0.2, -0.15) is 0 Å². The Morgan fingerprint density at radius 3 is 2.29 bits per heavy atom. The van der Waals surface area contributed by atoms with E-state index in [1.165, 1.54) is 5.71 Å². The molecule has 0 rings (SSSR count). The molecule has 44 valence electrons. The molecule has 0 aliphatic heterocycles. The van der Waals surface area contributed by atoms with Gasteiger partial charge >= 0.3 is 50.1 Å². The minimum atomic E-state index is -3.33. The molecule has 1 atom stereocenters. The van der Waals surface area contributed by atoms with E-state index in [0.717, 1.165) is 0 Å². The molecule has 1 unspecified atom stereocenters. The van der Waals surface area contributed by atoms with Crippen LogP contribution in [0.1, 0.15) is 0 Å². The Kier molecular flexibility index (Phi) is 3.05. The fourth-order valence-electron chi connectivity index (χ4n) is 0.157. The van der Waals surface area contributed by atoms with E-state index in [-0.39, 0.29) is 5.21 Å². The molecule has 0 radical (unpaired) electrons. The van der Waals surface area contributed by atoms with Crippen LogP contribution in [0.3, 0.4) is 0 Å². The van der Waals surface area contributed by atoms with Crippen molar-refractivity contribution in [2.45, 2.75) is 10.9 Å². The molecular weight excluding hydrogens is 178 g/mol. The molecule has 0 saturated heterocycles. The Balaban J connectivity index is 3.36. The van der Waals surface area contributed by atoms with Crippen LogP contribution in [0.4, 0.5) is 0 Å². The summed E-state index contributed by atoms with van der Waals surface area (Å²) >= 11 is 1.84. The number of alkyl halides is 1. The fraction of sp³-hybridized carbons (Fsp3) is 1.00. The second-order valence-corrected chi connectivity index (χ2v) is 7.19. The molecule has 0 heterocycles. The van der Waals surface area contributed by atoms with Crippen LogP contribution in [0.5, 0.6) is 0 Å². The summed E-state index contributed by atoms with van der Waals surface area (Å²) in [6.45, 7) is 0. The molecule has 0 amide bonds. The van der Waals surface area contributed by atoms with Gasteiger partial charge in [-0.05, 0) is 0 Å². The van der Waals surface area contributed by atoms with Crippen molar-refractivity contribution in [2.24, 2.45) is 0 Å². The van der Waals surface area contributed by atoms with Gasteiger partial charge in [0.25, 0.3) is 0 Å². The summed E-state index contributed by atoms with van der Waals surface area (Å²) < 4.78 is 18.9. The maximum atomic E-state index is 10.3. The number of hydrogen-bond donors (Lipinski definition) is 1. The average Bonchev–Trinajstić information content (AvgIpc) is 1.30.